The van der Waals surface area contributed by atoms with Crippen LogP contribution < -0.4 is 5.32 Å². The van der Waals surface area contributed by atoms with E-state index >= 15 is 0 Å². The maximum absolute atomic E-state index is 11.1. The first-order chi connectivity index (χ1) is 8.09. The number of nitrogens with one attached hydrogen (secondary N) is 1. The van der Waals surface area contributed by atoms with Crippen LogP contribution in [-0.2, 0) is 0 Å². The SMILES string of the molecule is Cc1ccncc1Nc1snc(C)c1C(=O)O. The monoisotopic (exact) mass is 249 g/mol. The molecule has 0 unspecified atom stereocenters. The van der Waals surface area contributed by atoms with Crippen LogP contribution in [-0.4, -0.2) is 20.4 Å². The van der Waals surface area contributed by atoms with Crippen LogP contribution in [0.3, 0.4) is 0 Å². The van der Waals surface area contributed by atoms with Crippen molar-refractivity contribution in [2.45, 2.75) is 13.8 Å². The van der Waals surface area contributed by atoms with Crippen molar-refractivity contribution >= 4 is 28.2 Å². The summed E-state index contributed by atoms with van der Waals surface area (Å²) in [5, 5.41) is 12.7. The van der Waals surface area contributed by atoms with Gasteiger partial charge in [-0.25, -0.2) is 4.79 Å². The molecule has 0 amide bonds. The zero-order chi connectivity index (χ0) is 12.4. The molecule has 2 aromatic rings. The molecular formula is C11H11N3O2S. The number of anilines is 2. The molecule has 2 aromatic heterocycles. The van der Waals surface area contributed by atoms with E-state index in [1.54, 1.807) is 19.3 Å². The average Bonchev–Trinajstić information content (AvgIpc) is 2.63. The number of carboxylic acids is 1. The standard InChI is InChI=1S/C11H11N3O2S/c1-6-3-4-12-5-8(6)13-10-9(11(15)16)7(2)14-17-10/h3-5,13H,1-2H3,(H,15,16). The molecule has 2 heterocycles. The maximum atomic E-state index is 11.1. The number of hydrogen-bond acceptors (Lipinski definition) is 5. The lowest BCUT2D eigenvalue weighted by Crippen LogP contribution is -2.02. The Bertz CT molecular complexity index is 566. The summed E-state index contributed by atoms with van der Waals surface area (Å²) < 4.78 is 4.04. The first kappa shape index (κ1) is 11.5. The van der Waals surface area contributed by atoms with Crippen LogP contribution in [0.25, 0.3) is 0 Å². The summed E-state index contributed by atoms with van der Waals surface area (Å²) in [5.74, 6) is -0.972. The zero-order valence-corrected chi connectivity index (χ0v) is 10.2. The second-order valence-electron chi connectivity index (χ2n) is 3.59. The molecular weight excluding hydrogens is 238 g/mol. The average molecular weight is 249 g/mol. The lowest BCUT2D eigenvalue weighted by molar-refractivity contribution is 0.0697. The van der Waals surface area contributed by atoms with Gasteiger partial charge in [0, 0.05) is 6.20 Å². The number of aromatic nitrogens is 2. The smallest absolute Gasteiger partial charge is 0.340 e. The number of aromatic carboxylic acids is 1. The molecule has 0 radical (unpaired) electrons. The van der Waals surface area contributed by atoms with Gasteiger partial charge in [0.2, 0.25) is 0 Å². The molecule has 0 aromatic carbocycles. The fourth-order valence-corrected chi connectivity index (χ4v) is 2.23. The number of nitrogens with zero attached hydrogens (tertiary/aromatic N) is 2. The van der Waals surface area contributed by atoms with Crippen molar-refractivity contribution in [3.05, 3.63) is 35.3 Å². The first-order valence-electron chi connectivity index (χ1n) is 4.97. The summed E-state index contributed by atoms with van der Waals surface area (Å²) in [4.78, 5) is 15.1. The molecule has 0 saturated heterocycles. The minimum Gasteiger partial charge on any atom is -0.478 e. The van der Waals surface area contributed by atoms with Gasteiger partial charge in [-0.05, 0) is 37.0 Å². The fourth-order valence-electron chi connectivity index (χ4n) is 1.42. The van der Waals surface area contributed by atoms with Crippen LogP contribution in [0.15, 0.2) is 18.5 Å². The third-order valence-electron chi connectivity index (χ3n) is 2.36. The van der Waals surface area contributed by atoms with Gasteiger partial charge in [0.25, 0.3) is 0 Å². The van der Waals surface area contributed by atoms with Crippen molar-refractivity contribution in [1.29, 1.82) is 0 Å². The molecule has 5 nitrogen and oxygen atoms in total. The Morgan fingerprint density at radius 1 is 1.47 bits per heavy atom. The highest BCUT2D eigenvalue weighted by Crippen LogP contribution is 2.28. The molecule has 0 bridgehead atoms. The van der Waals surface area contributed by atoms with Gasteiger partial charge in [0.05, 0.1) is 17.6 Å². The van der Waals surface area contributed by atoms with E-state index < -0.39 is 5.97 Å². The maximum Gasteiger partial charge on any atom is 0.340 e. The van der Waals surface area contributed by atoms with Crippen LogP contribution in [0, 0.1) is 13.8 Å². The molecule has 0 aliphatic rings. The fraction of sp³-hybridized carbons (Fsp3) is 0.182. The van der Waals surface area contributed by atoms with E-state index in [1.807, 2.05) is 13.0 Å². The lowest BCUT2D eigenvalue weighted by Gasteiger charge is -2.06. The van der Waals surface area contributed by atoms with E-state index in [1.165, 1.54) is 0 Å². The quantitative estimate of drug-likeness (QED) is 0.874. The van der Waals surface area contributed by atoms with E-state index in [0.29, 0.717) is 10.7 Å². The summed E-state index contributed by atoms with van der Waals surface area (Å²) >= 11 is 1.14. The molecule has 0 fully saturated rings. The number of rotatable bonds is 3. The highest BCUT2D eigenvalue weighted by atomic mass is 32.1. The van der Waals surface area contributed by atoms with Gasteiger partial charge in [-0.1, -0.05) is 0 Å². The predicted molar refractivity (Wildman–Crippen MR) is 66.1 cm³/mol. The second-order valence-corrected chi connectivity index (χ2v) is 4.37. The Hall–Kier alpha value is -1.95. The Morgan fingerprint density at radius 2 is 2.24 bits per heavy atom. The van der Waals surface area contributed by atoms with Crippen molar-refractivity contribution < 1.29 is 9.90 Å². The van der Waals surface area contributed by atoms with Crippen LogP contribution in [0.4, 0.5) is 10.7 Å². The number of hydrogen-bond donors (Lipinski definition) is 2. The minimum atomic E-state index is -0.972. The van der Waals surface area contributed by atoms with Gasteiger partial charge in [-0.2, -0.15) is 4.37 Å². The minimum absolute atomic E-state index is 0.221. The number of aryl methyl sites for hydroxylation is 2. The van der Waals surface area contributed by atoms with Crippen LogP contribution in [0.5, 0.6) is 0 Å². The molecule has 6 heteroatoms. The van der Waals surface area contributed by atoms with Gasteiger partial charge < -0.3 is 10.4 Å². The summed E-state index contributed by atoms with van der Waals surface area (Å²) in [7, 11) is 0. The molecule has 2 N–H and O–H groups in total. The molecule has 17 heavy (non-hydrogen) atoms. The Labute approximate surface area is 102 Å². The van der Waals surface area contributed by atoms with Crippen LogP contribution in [0.1, 0.15) is 21.6 Å². The first-order valence-corrected chi connectivity index (χ1v) is 5.74. The Balaban J connectivity index is 2.37. The molecule has 0 atom stereocenters. The lowest BCUT2D eigenvalue weighted by atomic mass is 10.2. The Morgan fingerprint density at radius 3 is 2.88 bits per heavy atom. The number of carbonyl (C=O) groups is 1. The van der Waals surface area contributed by atoms with Crippen molar-refractivity contribution in [1.82, 2.24) is 9.36 Å². The summed E-state index contributed by atoms with van der Waals surface area (Å²) in [6.45, 7) is 3.61. The van der Waals surface area contributed by atoms with E-state index in [-0.39, 0.29) is 5.56 Å². The third kappa shape index (κ3) is 2.26. The van der Waals surface area contributed by atoms with Gasteiger partial charge in [-0.3, -0.25) is 4.98 Å². The van der Waals surface area contributed by atoms with E-state index in [4.69, 9.17) is 5.11 Å². The summed E-state index contributed by atoms with van der Waals surface area (Å²) in [6.07, 6.45) is 3.35. The van der Waals surface area contributed by atoms with Gasteiger partial charge >= 0.3 is 5.97 Å². The van der Waals surface area contributed by atoms with Crippen molar-refractivity contribution in [3.8, 4) is 0 Å². The highest BCUT2D eigenvalue weighted by Gasteiger charge is 2.17. The molecule has 88 valence electrons. The molecule has 2 rings (SSSR count). The van der Waals surface area contributed by atoms with Crippen molar-refractivity contribution in [2.75, 3.05) is 5.32 Å². The zero-order valence-electron chi connectivity index (χ0n) is 9.39. The summed E-state index contributed by atoms with van der Waals surface area (Å²) in [5.41, 5.74) is 2.53. The number of pyridine rings is 1. The molecule has 0 spiro atoms. The van der Waals surface area contributed by atoms with Gasteiger partial charge in [-0.15, -0.1) is 0 Å². The predicted octanol–water partition coefficient (Wildman–Crippen LogP) is 2.60. The highest BCUT2D eigenvalue weighted by molar-refractivity contribution is 7.10. The van der Waals surface area contributed by atoms with Crippen LogP contribution in [0.2, 0.25) is 0 Å². The van der Waals surface area contributed by atoms with Crippen LogP contribution >= 0.6 is 11.5 Å². The van der Waals surface area contributed by atoms with Gasteiger partial charge in [0.1, 0.15) is 10.6 Å². The molecule has 0 aliphatic heterocycles. The van der Waals surface area contributed by atoms with E-state index in [0.717, 1.165) is 22.8 Å². The normalized spacial score (nSPS) is 10.2. The Kier molecular flexibility index (Phi) is 3.06. The summed E-state index contributed by atoms with van der Waals surface area (Å²) in [6, 6.07) is 1.86. The number of carboxylic acid groups (broad SMARTS) is 1. The molecule has 0 saturated carbocycles. The van der Waals surface area contributed by atoms with Crippen molar-refractivity contribution in [3.63, 3.8) is 0 Å². The van der Waals surface area contributed by atoms with E-state index in [2.05, 4.69) is 14.7 Å². The largest absolute Gasteiger partial charge is 0.478 e. The topological polar surface area (TPSA) is 75.1 Å². The van der Waals surface area contributed by atoms with Crippen molar-refractivity contribution in [2.24, 2.45) is 0 Å². The third-order valence-corrected chi connectivity index (χ3v) is 3.22. The second kappa shape index (κ2) is 4.50. The van der Waals surface area contributed by atoms with E-state index in [9.17, 15) is 4.79 Å². The van der Waals surface area contributed by atoms with Gasteiger partial charge in [0.15, 0.2) is 0 Å². The molecule has 0 aliphatic carbocycles.